The molecule has 1 saturated heterocycles. The fourth-order valence-electron chi connectivity index (χ4n) is 2.72. The second-order valence-electron chi connectivity index (χ2n) is 5.08. The van der Waals surface area contributed by atoms with Crippen molar-refractivity contribution in [1.82, 2.24) is 0 Å². The number of rotatable bonds is 2. The molecule has 2 aromatic carbocycles. The quantitative estimate of drug-likeness (QED) is 0.835. The Morgan fingerprint density at radius 2 is 1.57 bits per heavy atom. The lowest BCUT2D eigenvalue weighted by atomic mass is 10.1. The van der Waals surface area contributed by atoms with Gasteiger partial charge in [0.25, 0.3) is 0 Å². The van der Waals surface area contributed by atoms with Gasteiger partial charge in [-0.3, -0.25) is 0 Å². The van der Waals surface area contributed by atoms with E-state index < -0.39 is 0 Å². The summed E-state index contributed by atoms with van der Waals surface area (Å²) in [6, 6.07) is 18.7. The number of benzene rings is 2. The minimum atomic E-state index is 0.734. The van der Waals surface area contributed by atoms with Crippen LogP contribution in [0.5, 0.6) is 0 Å². The lowest BCUT2D eigenvalue weighted by molar-refractivity contribution is 0.653. The fourth-order valence-corrected chi connectivity index (χ4v) is 3.08. The second-order valence-corrected chi connectivity index (χ2v) is 6.00. The molecule has 0 saturated carbocycles. The standard InChI is InChI=1S/C17H16BrN3/c18-15-6-7-17(14(12-15)13-19)21-10-8-20(9-11-21)16-4-2-1-3-5-16/h1-7,12H,8-11H2. The van der Waals surface area contributed by atoms with Crippen LogP contribution in [0.15, 0.2) is 53.0 Å². The summed E-state index contributed by atoms with van der Waals surface area (Å²) in [5, 5.41) is 9.30. The lowest BCUT2D eigenvalue weighted by Crippen LogP contribution is -2.46. The summed E-state index contributed by atoms with van der Waals surface area (Å²) in [7, 11) is 0. The van der Waals surface area contributed by atoms with Gasteiger partial charge in [-0.15, -0.1) is 0 Å². The van der Waals surface area contributed by atoms with E-state index in [4.69, 9.17) is 0 Å². The molecule has 3 rings (SSSR count). The van der Waals surface area contributed by atoms with Crippen molar-refractivity contribution in [2.45, 2.75) is 0 Å². The number of nitrogens with zero attached hydrogens (tertiary/aromatic N) is 3. The van der Waals surface area contributed by atoms with Crippen LogP contribution in [-0.4, -0.2) is 26.2 Å². The van der Waals surface area contributed by atoms with E-state index >= 15 is 0 Å². The van der Waals surface area contributed by atoms with Crippen LogP contribution in [0.25, 0.3) is 0 Å². The van der Waals surface area contributed by atoms with Crippen molar-refractivity contribution < 1.29 is 0 Å². The second kappa shape index (κ2) is 6.19. The Hall–Kier alpha value is -1.99. The molecule has 1 fully saturated rings. The van der Waals surface area contributed by atoms with Crippen LogP contribution in [0.3, 0.4) is 0 Å². The fraction of sp³-hybridized carbons (Fsp3) is 0.235. The van der Waals surface area contributed by atoms with Crippen molar-refractivity contribution in [3.05, 3.63) is 58.6 Å². The number of hydrogen-bond acceptors (Lipinski definition) is 3. The van der Waals surface area contributed by atoms with Gasteiger partial charge < -0.3 is 9.80 Å². The molecular formula is C17H16BrN3. The molecule has 0 atom stereocenters. The average Bonchev–Trinajstić information content (AvgIpc) is 2.56. The molecule has 0 unspecified atom stereocenters. The van der Waals surface area contributed by atoms with Gasteiger partial charge in [-0.25, -0.2) is 0 Å². The maximum absolute atomic E-state index is 9.30. The van der Waals surface area contributed by atoms with E-state index in [0.717, 1.165) is 41.9 Å². The van der Waals surface area contributed by atoms with Gasteiger partial charge in [0.05, 0.1) is 11.3 Å². The van der Waals surface area contributed by atoms with Crippen LogP contribution in [0.1, 0.15) is 5.56 Å². The average molecular weight is 342 g/mol. The van der Waals surface area contributed by atoms with Gasteiger partial charge in [-0.2, -0.15) is 5.26 Å². The van der Waals surface area contributed by atoms with Crippen LogP contribution >= 0.6 is 15.9 Å². The van der Waals surface area contributed by atoms with Gasteiger partial charge in [0.15, 0.2) is 0 Å². The van der Waals surface area contributed by atoms with Crippen LogP contribution in [-0.2, 0) is 0 Å². The molecule has 0 aromatic heterocycles. The third-order valence-electron chi connectivity index (χ3n) is 3.82. The minimum absolute atomic E-state index is 0.734. The molecular weight excluding hydrogens is 326 g/mol. The van der Waals surface area contributed by atoms with E-state index in [1.165, 1.54) is 5.69 Å². The molecule has 0 amide bonds. The molecule has 21 heavy (non-hydrogen) atoms. The number of halogens is 1. The first-order valence-electron chi connectivity index (χ1n) is 7.02. The topological polar surface area (TPSA) is 30.3 Å². The molecule has 3 nitrogen and oxygen atoms in total. The van der Waals surface area contributed by atoms with E-state index in [-0.39, 0.29) is 0 Å². The van der Waals surface area contributed by atoms with Gasteiger partial charge in [0.1, 0.15) is 6.07 Å². The highest BCUT2D eigenvalue weighted by Gasteiger charge is 2.19. The van der Waals surface area contributed by atoms with E-state index in [1.807, 2.05) is 24.3 Å². The Morgan fingerprint density at radius 3 is 2.24 bits per heavy atom. The molecule has 1 heterocycles. The van der Waals surface area contributed by atoms with E-state index in [1.54, 1.807) is 0 Å². The molecule has 1 aliphatic heterocycles. The Bertz CT molecular complexity index is 655. The van der Waals surface area contributed by atoms with Crippen LogP contribution in [0, 0.1) is 11.3 Å². The SMILES string of the molecule is N#Cc1cc(Br)ccc1N1CCN(c2ccccc2)CC1. The maximum atomic E-state index is 9.30. The molecule has 2 aromatic rings. The highest BCUT2D eigenvalue weighted by atomic mass is 79.9. The Kier molecular flexibility index (Phi) is 4.12. The summed E-state index contributed by atoms with van der Waals surface area (Å²) in [5.74, 6) is 0. The highest BCUT2D eigenvalue weighted by Crippen LogP contribution is 2.26. The normalized spacial score (nSPS) is 14.9. The summed E-state index contributed by atoms with van der Waals surface area (Å²) in [6.07, 6.45) is 0. The number of anilines is 2. The predicted octanol–water partition coefficient (Wildman–Crippen LogP) is 3.65. The number of hydrogen-bond donors (Lipinski definition) is 0. The molecule has 1 aliphatic rings. The Morgan fingerprint density at radius 1 is 0.905 bits per heavy atom. The van der Waals surface area contributed by atoms with Crippen molar-refractivity contribution in [1.29, 1.82) is 5.26 Å². The monoisotopic (exact) mass is 341 g/mol. The number of para-hydroxylation sites is 1. The van der Waals surface area contributed by atoms with Crippen molar-refractivity contribution in [3.63, 3.8) is 0 Å². The molecule has 0 aliphatic carbocycles. The van der Waals surface area contributed by atoms with Gasteiger partial charge in [-0.05, 0) is 30.3 Å². The molecule has 0 N–H and O–H groups in total. The van der Waals surface area contributed by atoms with Crippen molar-refractivity contribution in [2.75, 3.05) is 36.0 Å². The van der Waals surface area contributed by atoms with E-state index in [9.17, 15) is 5.26 Å². The zero-order valence-electron chi connectivity index (χ0n) is 11.7. The molecule has 106 valence electrons. The van der Waals surface area contributed by atoms with Crippen molar-refractivity contribution in [2.24, 2.45) is 0 Å². The zero-order valence-corrected chi connectivity index (χ0v) is 13.3. The molecule has 0 spiro atoms. The third kappa shape index (κ3) is 3.03. The summed E-state index contributed by atoms with van der Waals surface area (Å²) in [4.78, 5) is 4.69. The molecule has 0 bridgehead atoms. The molecule has 0 radical (unpaired) electrons. The van der Waals surface area contributed by atoms with Gasteiger partial charge in [0, 0.05) is 36.3 Å². The van der Waals surface area contributed by atoms with E-state index in [0.29, 0.717) is 0 Å². The Labute approximate surface area is 133 Å². The first-order chi connectivity index (χ1) is 10.3. The number of piperazine rings is 1. The largest absolute Gasteiger partial charge is 0.368 e. The molecule has 4 heteroatoms. The smallest absolute Gasteiger partial charge is 0.101 e. The van der Waals surface area contributed by atoms with Crippen molar-refractivity contribution >= 4 is 27.3 Å². The van der Waals surface area contributed by atoms with Gasteiger partial charge in [-0.1, -0.05) is 34.1 Å². The van der Waals surface area contributed by atoms with Crippen LogP contribution in [0.4, 0.5) is 11.4 Å². The van der Waals surface area contributed by atoms with Gasteiger partial charge in [0.2, 0.25) is 0 Å². The third-order valence-corrected chi connectivity index (χ3v) is 4.31. The first kappa shape index (κ1) is 14.0. The van der Waals surface area contributed by atoms with Crippen molar-refractivity contribution in [3.8, 4) is 6.07 Å². The lowest BCUT2D eigenvalue weighted by Gasteiger charge is -2.37. The summed E-state index contributed by atoms with van der Waals surface area (Å²) >= 11 is 3.42. The predicted molar refractivity (Wildman–Crippen MR) is 89.7 cm³/mol. The minimum Gasteiger partial charge on any atom is -0.368 e. The summed E-state index contributed by atoms with van der Waals surface area (Å²) < 4.78 is 0.950. The van der Waals surface area contributed by atoms with Crippen LogP contribution < -0.4 is 9.80 Å². The van der Waals surface area contributed by atoms with Crippen LogP contribution in [0.2, 0.25) is 0 Å². The summed E-state index contributed by atoms with van der Waals surface area (Å²) in [5.41, 5.74) is 3.04. The zero-order chi connectivity index (χ0) is 14.7. The first-order valence-corrected chi connectivity index (χ1v) is 7.82. The van der Waals surface area contributed by atoms with Gasteiger partial charge >= 0.3 is 0 Å². The maximum Gasteiger partial charge on any atom is 0.101 e. The van der Waals surface area contributed by atoms with E-state index in [2.05, 4.69) is 56.1 Å². The Balaban J connectivity index is 1.73. The highest BCUT2D eigenvalue weighted by molar-refractivity contribution is 9.10. The summed E-state index contributed by atoms with van der Waals surface area (Å²) in [6.45, 7) is 3.83. The number of nitriles is 1.